The van der Waals surface area contributed by atoms with Crippen molar-refractivity contribution >= 4 is 5.78 Å². The fraction of sp³-hybridized carbons (Fsp3) is 0.278. The normalized spacial score (nSPS) is 11.8. The van der Waals surface area contributed by atoms with Crippen LogP contribution in [0.15, 0.2) is 42.5 Å². The van der Waals surface area contributed by atoms with Gasteiger partial charge in [0.25, 0.3) is 0 Å². The maximum absolute atomic E-state index is 12.4. The molecule has 1 unspecified atom stereocenters. The van der Waals surface area contributed by atoms with Crippen molar-refractivity contribution in [3.8, 4) is 11.5 Å². The maximum Gasteiger partial charge on any atom is 0.202 e. The Balaban J connectivity index is 2.11. The largest absolute Gasteiger partial charge is 0.497 e. The molecule has 1 atom stereocenters. The van der Waals surface area contributed by atoms with Gasteiger partial charge in [-0.3, -0.25) is 4.79 Å². The molecule has 0 heterocycles. The lowest BCUT2D eigenvalue weighted by atomic mass is 10.1. The number of Topliss-reactive ketones (excluding diaryl/α,β-unsaturated/α-hetero) is 1. The molecule has 0 N–H and O–H groups in total. The van der Waals surface area contributed by atoms with Gasteiger partial charge in [0.2, 0.25) is 5.78 Å². The highest BCUT2D eigenvalue weighted by Crippen LogP contribution is 2.21. The average Bonchev–Trinajstić information content (AvgIpc) is 2.49. The summed E-state index contributed by atoms with van der Waals surface area (Å²) in [5.74, 6) is 1.43. The molecule has 2 aromatic carbocycles. The first-order chi connectivity index (χ1) is 10.0. The number of carbonyl (C=O) groups excluding carboxylic acids is 1. The number of methoxy groups -OCH3 is 1. The molecule has 21 heavy (non-hydrogen) atoms. The molecule has 0 aliphatic heterocycles. The molecule has 0 aliphatic rings. The second-order valence-electron chi connectivity index (χ2n) is 5.12. The second kappa shape index (κ2) is 6.44. The van der Waals surface area contributed by atoms with Gasteiger partial charge in [0.05, 0.1) is 7.11 Å². The molecule has 0 aliphatic carbocycles. The third-order valence-corrected chi connectivity index (χ3v) is 3.38. The zero-order chi connectivity index (χ0) is 15.4. The summed E-state index contributed by atoms with van der Waals surface area (Å²) in [5.41, 5.74) is 2.83. The minimum absolute atomic E-state index is 0.0439. The fourth-order valence-electron chi connectivity index (χ4n) is 2.17. The Morgan fingerprint density at radius 3 is 2.29 bits per heavy atom. The summed E-state index contributed by atoms with van der Waals surface area (Å²) in [6, 6.07) is 13.0. The molecule has 0 fully saturated rings. The number of ketones is 1. The number of hydrogen-bond donors (Lipinski definition) is 0. The highest BCUT2D eigenvalue weighted by Gasteiger charge is 2.17. The smallest absolute Gasteiger partial charge is 0.202 e. The first kappa shape index (κ1) is 15.1. The van der Waals surface area contributed by atoms with E-state index in [1.807, 2.05) is 32.0 Å². The van der Waals surface area contributed by atoms with Gasteiger partial charge in [0, 0.05) is 5.56 Å². The predicted molar refractivity (Wildman–Crippen MR) is 83.3 cm³/mol. The van der Waals surface area contributed by atoms with Crippen LogP contribution < -0.4 is 9.47 Å². The summed E-state index contributed by atoms with van der Waals surface area (Å²) in [5, 5.41) is 0. The van der Waals surface area contributed by atoms with E-state index in [1.165, 1.54) is 5.56 Å². The van der Waals surface area contributed by atoms with Gasteiger partial charge in [0.15, 0.2) is 6.10 Å². The van der Waals surface area contributed by atoms with Gasteiger partial charge in [-0.1, -0.05) is 17.7 Å². The summed E-state index contributed by atoms with van der Waals surface area (Å²) < 4.78 is 10.9. The van der Waals surface area contributed by atoms with Gasteiger partial charge in [-0.15, -0.1) is 0 Å². The molecule has 0 bridgehead atoms. The summed E-state index contributed by atoms with van der Waals surface area (Å²) in [7, 11) is 1.60. The maximum atomic E-state index is 12.4. The lowest BCUT2D eigenvalue weighted by Crippen LogP contribution is -2.24. The van der Waals surface area contributed by atoms with Crippen molar-refractivity contribution in [1.29, 1.82) is 0 Å². The summed E-state index contributed by atoms with van der Waals surface area (Å²) in [6.45, 7) is 5.78. The monoisotopic (exact) mass is 284 g/mol. The van der Waals surface area contributed by atoms with Crippen LogP contribution in [0, 0.1) is 13.8 Å². The minimum Gasteiger partial charge on any atom is -0.497 e. The highest BCUT2D eigenvalue weighted by atomic mass is 16.5. The van der Waals surface area contributed by atoms with E-state index in [-0.39, 0.29) is 5.78 Å². The number of carbonyl (C=O) groups is 1. The first-order valence-corrected chi connectivity index (χ1v) is 6.93. The Morgan fingerprint density at radius 1 is 1.05 bits per heavy atom. The van der Waals surface area contributed by atoms with Gasteiger partial charge >= 0.3 is 0 Å². The van der Waals surface area contributed by atoms with Crippen molar-refractivity contribution in [2.45, 2.75) is 26.9 Å². The topological polar surface area (TPSA) is 35.5 Å². The summed E-state index contributed by atoms with van der Waals surface area (Å²) >= 11 is 0. The Hall–Kier alpha value is -2.29. The first-order valence-electron chi connectivity index (χ1n) is 6.93. The van der Waals surface area contributed by atoms with Gasteiger partial charge in [0.1, 0.15) is 11.5 Å². The van der Waals surface area contributed by atoms with Gasteiger partial charge in [-0.05, 0) is 56.7 Å². The van der Waals surface area contributed by atoms with Crippen molar-refractivity contribution in [2.24, 2.45) is 0 Å². The SMILES string of the molecule is COc1ccc(C(=O)C(C)Oc2ccc(C)cc2C)cc1. The van der Waals surface area contributed by atoms with Crippen LogP contribution >= 0.6 is 0 Å². The van der Waals surface area contributed by atoms with Crippen molar-refractivity contribution in [2.75, 3.05) is 7.11 Å². The van der Waals surface area contributed by atoms with Crippen LogP contribution in [-0.4, -0.2) is 19.0 Å². The molecule has 3 nitrogen and oxygen atoms in total. The van der Waals surface area contributed by atoms with E-state index in [2.05, 4.69) is 0 Å². The summed E-state index contributed by atoms with van der Waals surface area (Å²) in [6.07, 6.45) is -0.528. The van der Waals surface area contributed by atoms with Crippen LogP contribution in [-0.2, 0) is 0 Å². The molecule has 0 saturated heterocycles. The number of benzene rings is 2. The van der Waals surface area contributed by atoms with E-state index in [1.54, 1.807) is 38.3 Å². The van der Waals surface area contributed by atoms with Crippen LogP contribution in [0.4, 0.5) is 0 Å². The van der Waals surface area contributed by atoms with Crippen LogP contribution in [0.2, 0.25) is 0 Å². The zero-order valence-electron chi connectivity index (χ0n) is 12.8. The molecule has 3 heteroatoms. The number of ether oxygens (including phenoxy) is 2. The molecule has 0 saturated carbocycles. The molecule has 0 radical (unpaired) electrons. The van der Waals surface area contributed by atoms with E-state index >= 15 is 0 Å². The minimum atomic E-state index is -0.528. The molecular formula is C18H20O3. The molecule has 0 spiro atoms. The fourth-order valence-corrected chi connectivity index (χ4v) is 2.17. The zero-order valence-corrected chi connectivity index (χ0v) is 12.8. The van der Waals surface area contributed by atoms with E-state index in [4.69, 9.17) is 9.47 Å². The second-order valence-corrected chi connectivity index (χ2v) is 5.12. The number of hydrogen-bond acceptors (Lipinski definition) is 3. The van der Waals surface area contributed by atoms with Crippen molar-refractivity contribution < 1.29 is 14.3 Å². The lowest BCUT2D eigenvalue weighted by Gasteiger charge is -2.16. The number of aryl methyl sites for hydroxylation is 2. The van der Waals surface area contributed by atoms with E-state index in [9.17, 15) is 4.79 Å². The van der Waals surface area contributed by atoms with E-state index < -0.39 is 6.10 Å². The Bertz CT molecular complexity index is 629. The standard InChI is InChI=1S/C18H20O3/c1-12-5-10-17(13(2)11-12)21-14(3)18(19)15-6-8-16(20-4)9-7-15/h5-11,14H,1-4H3. The molecule has 0 amide bonds. The third kappa shape index (κ3) is 3.63. The Morgan fingerprint density at radius 2 is 1.71 bits per heavy atom. The molecule has 2 rings (SSSR count). The van der Waals surface area contributed by atoms with E-state index in [0.29, 0.717) is 5.56 Å². The van der Waals surface area contributed by atoms with Gasteiger partial charge in [-0.25, -0.2) is 0 Å². The lowest BCUT2D eigenvalue weighted by molar-refractivity contribution is 0.0817. The van der Waals surface area contributed by atoms with Crippen molar-refractivity contribution in [1.82, 2.24) is 0 Å². The highest BCUT2D eigenvalue weighted by molar-refractivity contribution is 5.99. The number of rotatable bonds is 5. The van der Waals surface area contributed by atoms with E-state index in [0.717, 1.165) is 17.1 Å². The van der Waals surface area contributed by atoms with Crippen molar-refractivity contribution in [3.63, 3.8) is 0 Å². The quantitative estimate of drug-likeness (QED) is 0.780. The van der Waals surface area contributed by atoms with Crippen molar-refractivity contribution in [3.05, 3.63) is 59.2 Å². The van der Waals surface area contributed by atoms with Crippen LogP contribution in [0.5, 0.6) is 11.5 Å². The molecular weight excluding hydrogens is 264 g/mol. The van der Waals surface area contributed by atoms with Gasteiger partial charge < -0.3 is 9.47 Å². The van der Waals surface area contributed by atoms with Gasteiger partial charge in [-0.2, -0.15) is 0 Å². The van der Waals surface area contributed by atoms with Crippen LogP contribution in [0.1, 0.15) is 28.4 Å². The average molecular weight is 284 g/mol. The summed E-state index contributed by atoms with van der Waals surface area (Å²) in [4.78, 5) is 12.4. The predicted octanol–water partition coefficient (Wildman–Crippen LogP) is 3.96. The Labute approximate surface area is 125 Å². The molecule has 2 aromatic rings. The molecule has 0 aromatic heterocycles. The molecule has 110 valence electrons. The van der Waals surface area contributed by atoms with Crippen LogP contribution in [0.25, 0.3) is 0 Å². The third-order valence-electron chi connectivity index (χ3n) is 3.38. The van der Waals surface area contributed by atoms with Crippen LogP contribution in [0.3, 0.4) is 0 Å². The Kier molecular flexibility index (Phi) is 4.63.